The highest BCUT2D eigenvalue weighted by atomic mass is 16.1. The van der Waals surface area contributed by atoms with Crippen molar-refractivity contribution < 1.29 is 4.79 Å². The molecule has 2 aromatic heterocycles. The summed E-state index contributed by atoms with van der Waals surface area (Å²) >= 11 is 0. The van der Waals surface area contributed by atoms with E-state index in [1.807, 2.05) is 23.0 Å². The van der Waals surface area contributed by atoms with Crippen LogP contribution < -0.4 is 0 Å². The maximum Gasteiger partial charge on any atom is 0.164 e. The molecule has 2 heterocycles. The molecule has 0 amide bonds. The van der Waals surface area contributed by atoms with Crippen LogP contribution in [0.2, 0.25) is 0 Å². The number of nitrogens with one attached hydrogen (secondary N) is 1. The fourth-order valence-electron chi connectivity index (χ4n) is 2.25. The first kappa shape index (κ1) is 12.2. The SMILES string of the molecule is CC(C)CC(=O)c1ccn(-c2cc(C3CC3)[nH]n2)c1. The third-order valence-electron chi connectivity index (χ3n) is 3.47. The lowest BCUT2D eigenvalue weighted by Gasteiger charge is -2.01. The molecule has 1 aliphatic carbocycles. The minimum Gasteiger partial charge on any atom is -0.306 e. The first-order valence-corrected chi connectivity index (χ1v) is 6.90. The van der Waals surface area contributed by atoms with Gasteiger partial charge in [-0.1, -0.05) is 13.8 Å². The molecule has 2 aromatic rings. The van der Waals surface area contributed by atoms with Gasteiger partial charge in [0.05, 0.1) is 0 Å². The molecule has 0 spiro atoms. The van der Waals surface area contributed by atoms with Crippen LogP contribution in [0.3, 0.4) is 0 Å². The third kappa shape index (κ3) is 2.62. The molecule has 3 rings (SSSR count). The molecule has 0 unspecified atom stereocenters. The van der Waals surface area contributed by atoms with Crippen LogP contribution in [0.5, 0.6) is 0 Å². The molecule has 0 aliphatic heterocycles. The van der Waals surface area contributed by atoms with E-state index in [0.29, 0.717) is 18.3 Å². The van der Waals surface area contributed by atoms with Crippen molar-refractivity contribution in [2.45, 2.75) is 39.0 Å². The standard InChI is InChI=1S/C15H19N3O/c1-10(2)7-14(19)12-5-6-18(9-12)15-8-13(16-17-15)11-3-4-11/h5-6,8-11H,3-4,7H2,1-2H3,(H,16,17). The second kappa shape index (κ2) is 4.68. The van der Waals surface area contributed by atoms with Crippen molar-refractivity contribution in [2.75, 3.05) is 0 Å². The van der Waals surface area contributed by atoms with E-state index in [2.05, 4.69) is 30.1 Å². The topological polar surface area (TPSA) is 50.7 Å². The van der Waals surface area contributed by atoms with Crippen LogP contribution in [0.1, 0.15) is 55.1 Å². The van der Waals surface area contributed by atoms with E-state index in [1.54, 1.807) is 0 Å². The van der Waals surface area contributed by atoms with Gasteiger partial charge in [0.15, 0.2) is 11.6 Å². The molecule has 0 atom stereocenters. The predicted molar refractivity (Wildman–Crippen MR) is 73.7 cm³/mol. The zero-order valence-electron chi connectivity index (χ0n) is 11.4. The Hall–Kier alpha value is -1.84. The van der Waals surface area contributed by atoms with Crippen LogP contribution in [-0.2, 0) is 0 Å². The summed E-state index contributed by atoms with van der Waals surface area (Å²) in [5.74, 6) is 2.12. The summed E-state index contributed by atoms with van der Waals surface area (Å²) in [5, 5.41) is 7.39. The number of H-pyrrole nitrogens is 1. The number of rotatable bonds is 5. The van der Waals surface area contributed by atoms with E-state index < -0.39 is 0 Å². The number of carbonyl (C=O) groups excluding carboxylic acids is 1. The molecule has 1 N–H and O–H groups in total. The van der Waals surface area contributed by atoms with Crippen molar-refractivity contribution in [3.63, 3.8) is 0 Å². The van der Waals surface area contributed by atoms with E-state index in [9.17, 15) is 4.79 Å². The van der Waals surface area contributed by atoms with Gasteiger partial charge < -0.3 is 4.57 Å². The number of carbonyl (C=O) groups is 1. The monoisotopic (exact) mass is 257 g/mol. The molecule has 4 nitrogen and oxygen atoms in total. The molecule has 4 heteroatoms. The maximum absolute atomic E-state index is 12.0. The van der Waals surface area contributed by atoms with Crippen LogP contribution in [-0.4, -0.2) is 20.5 Å². The Labute approximate surface area is 112 Å². The van der Waals surface area contributed by atoms with Gasteiger partial charge in [-0.15, -0.1) is 0 Å². The van der Waals surface area contributed by atoms with Crippen molar-refractivity contribution in [2.24, 2.45) is 5.92 Å². The molecule has 1 aliphatic rings. The van der Waals surface area contributed by atoms with Crippen molar-refractivity contribution in [1.82, 2.24) is 14.8 Å². The van der Waals surface area contributed by atoms with Crippen molar-refractivity contribution in [1.29, 1.82) is 0 Å². The van der Waals surface area contributed by atoms with Gasteiger partial charge in [0.25, 0.3) is 0 Å². The van der Waals surface area contributed by atoms with Gasteiger partial charge in [0.1, 0.15) is 0 Å². The van der Waals surface area contributed by atoms with Crippen LogP contribution in [0.25, 0.3) is 5.82 Å². The first-order chi connectivity index (χ1) is 9.13. The first-order valence-electron chi connectivity index (χ1n) is 6.90. The van der Waals surface area contributed by atoms with Crippen molar-refractivity contribution in [3.8, 4) is 5.82 Å². The highest BCUT2D eigenvalue weighted by Gasteiger charge is 2.25. The van der Waals surface area contributed by atoms with Gasteiger partial charge in [-0.25, -0.2) is 0 Å². The lowest BCUT2D eigenvalue weighted by atomic mass is 10.0. The largest absolute Gasteiger partial charge is 0.306 e. The fourth-order valence-corrected chi connectivity index (χ4v) is 2.25. The molecule has 0 bridgehead atoms. The Kier molecular flexibility index (Phi) is 3.01. The number of nitrogens with zero attached hydrogens (tertiary/aromatic N) is 2. The van der Waals surface area contributed by atoms with Gasteiger partial charge >= 0.3 is 0 Å². The number of hydrogen-bond acceptors (Lipinski definition) is 2. The predicted octanol–water partition coefficient (Wildman–Crippen LogP) is 3.31. The molecule has 19 heavy (non-hydrogen) atoms. The Morgan fingerprint density at radius 2 is 2.32 bits per heavy atom. The Morgan fingerprint density at radius 3 is 3.00 bits per heavy atom. The van der Waals surface area contributed by atoms with Gasteiger partial charge in [0, 0.05) is 42.1 Å². The quantitative estimate of drug-likeness (QED) is 0.835. The number of aromatic amines is 1. The van der Waals surface area contributed by atoms with E-state index in [1.165, 1.54) is 18.5 Å². The Bertz CT molecular complexity index is 590. The maximum atomic E-state index is 12.0. The average Bonchev–Trinajstić information content (AvgIpc) is 2.92. The molecule has 1 saturated carbocycles. The number of Topliss-reactive ketones (excluding diaryl/α,β-unsaturated/α-hetero) is 1. The smallest absolute Gasteiger partial charge is 0.164 e. The molecular weight excluding hydrogens is 238 g/mol. The fraction of sp³-hybridized carbons (Fsp3) is 0.467. The molecule has 0 radical (unpaired) electrons. The van der Waals surface area contributed by atoms with Crippen LogP contribution in [0, 0.1) is 5.92 Å². The highest BCUT2D eigenvalue weighted by Crippen LogP contribution is 2.39. The second-order valence-corrected chi connectivity index (χ2v) is 5.78. The van der Waals surface area contributed by atoms with Gasteiger partial charge in [-0.2, -0.15) is 5.10 Å². The summed E-state index contributed by atoms with van der Waals surface area (Å²) in [6, 6.07) is 3.95. The third-order valence-corrected chi connectivity index (χ3v) is 3.47. The zero-order valence-corrected chi connectivity index (χ0v) is 11.4. The summed E-state index contributed by atoms with van der Waals surface area (Å²) in [5.41, 5.74) is 1.98. The molecular formula is C15H19N3O. The number of aromatic nitrogens is 3. The average molecular weight is 257 g/mol. The Morgan fingerprint density at radius 1 is 1.53 bits per heavy atom. The second-order valence-electron chi connectivity index (χ2n) is 5.78. The van der Waals surface area contributed by atoms with Crippen molar-refractivity contribution in [3.05, 3.63) is 35.8 Å². The minimum absolute atomic E-state index is 0.201. The molecule has 1 fully saturated rings. The Balaban J connectivity index is 1.77. The van der Waals surface area contributed by atoms with E-state index in [4.69, 9.17) is 0 Å². The van der Waals surface area contributed by atoms with Crippen LogP contribution in [0.15, 0.2) is 24.5 Å². The summed E-state index contributed by atoms with van der Waals surface area (Å²) in [6.45, 7) is 4.12. The lowest BCUT2D eigenvalue weighted by molar-refractivity contribution is 0.0968. The summed E-state index contributed by atoms with van der Waals surface area (Å²) < 4.78 is 1.91. The molecule has 0 saturated heterocycles. The summed E-state index contributed by atoms with van der Waals surface area (Å²) in [4.78, 5) is 12.0. The van der Waals surface area contributed by atoms with Crippen LogP contribution >= 0.6 is 0 Å². The lowest BCUT2D eigenvalue weighted by Crippen LogP contribution is -2.02. The van der Waals surface area contributed by atoms with Gasteiger partial charge in [0.2, 0.25) is 0 Å². The molecule has 0 aromatic carbocycles. The van der Waals surface area contributed by atoms with Gasteiger partial charge in [-0.05, 0) is 24.8 Å². The molecule has 100 valence electrons. The highest BCUT2D eigenvalue weighted by molar-refractivity contribution is 5.96. The van der Waals surface area contributed by atoms with E-state index in [-0.39, 0.29) is 5.78 Å². The summed E-state index contributed by atoms with van der Waals surface area (Å²) in [7, 11) is 0. The number of hydrogen-bond donors (Lipinski definition) is 1. The number of ketones is 1. The van der Waals surface area contributed by atoms with E-state index in [0.717, 1.165) is 11.4 Å². The van der Waals surface area contributed by atoms with Crippen LogP contribution in [0.4, 0.5) is 0 Å². The van der Waals surface area contributed by atoms with Gasteiger partial charge in [-0.3, -0.25) is 9.89 Å². The minimum atomic E-state index is 0.201. The van der Waals surface area contributed by atoms with E-state index >= 15 is 0 Å². The summed E-state index contributed by atoms with van der Waals surface area (Å²) in [6.07, 6.45) is 6.88. The zero-order chi connectivity index (χ0) is 13.4. The van der Waals surface area contributed by atoms with Crippen molar-refractivity contribution >= 4 is 5.78 Å². The normalized spacial score (nSPS) is 15.1.